The van der Waals surface area contributed by atoms with Gasteiger partial charge in [0, 0.05) is 18.7 Å². The standard InChI is InChI=1S/C12H12ClFN2O2S.ClH/c13-8-5-7(1-2-9(8)14)16-11(17)6-10(12(16)18)19-4-3-15;/h1-2,5,10H,3-4,6,15H2;1H/p-1. The fourth-order valence-electron chi connectivity index (χ4n) is 1.84. The number of carbonyl (C=O) groups excluding carboxylic acids is 2. The molecule has 110 valence electrons. The Kier molecular flexibility index (Phi) is 6.26. The molecule has 4 nitrogen and oxygen atoms in total. The average molecular weight is 338 g/mol. The fraction of sp³-hybridized carbons (Fsp3) is 0.333. The molecule has 2 amide bonds. The zero-order valence-corrected chi connectivity index (χ0v) is 12.6. The van der Waals surface area contributed by atoms with Gasteiger partial charge in [-0.2, -0.15) is 0 Å². The summed E-state index contributed by atoms with van der Waals surface area (Å²) in [6.45, 7) is 0.449. The molecule has 0 saturated carbocycles. The van der Waals surface area contributed by atoms with Gasteiger partial charge in [-0.3, -0.25) is 9.59 Å². The summed E-state index contributed by atoms with van der Waals surface area (Å²) in [5.74, 6) is -0.575. The molecule has 1 aliphatic rings. The first-order valence-corrected chi connectivity index (χ1v) is 7.10. The van der Waals surface area contributed by atoms with Gasteiger partial charge in [0.15, 0.2) is 0 Å². The first-order valence-electron chi connectivity index (χ1n) is 5.68. The Labute approximate surface area is 131 Å². The van der Waals surface area contributed by atoms with Crippen LogP contribution < -0.4 is 23.0 Å². The van der Waals surface area contributed by atoms with Crippen molar-refractivity contribution in [3.05, 3.63) is 29.0 Å². The molecule has 1 unspecified atom stereocenters. The van der Waals surface area contributed by atoms with Gasteiger partial charge < -0.3 is 18.1 Å². The smallest absolute Gasteiger partial charge is 0.247 e. The number of thioether (sulfide) groups is 1. The van der Waals surface area contributed by atoms with Gasteiger partial charge in [-0.25, -0.2) is 9.29 Å². The van der Waals surface area contributed by atoms with E-state index in [0.717, 1.165) is 11.0 Å². The van der Waals surface area contributed by atoms with Crippen molar-refractivity contribution >= 4 is 40.9 Å². The predicted molar refractivity (Wildman–Crippen MR) is 73.8 cm³/mol. The van der Waals surface area contributed by atoms with Crippen molar-refractivity contribution < 1.29 is 26.4 Å². The maximum absolute atomic E-state index is 13.1. The van der Waals surface area contributed by atoms with Crippen LogP contribution >= 0.6 is 23.4 Å². The predicted octanol–water partition coefficient (Wildman–Crippen LogP) is -1.19. The Morgan fingerprint density at radius 1 is 1.45 bits per heavy atom. The molecule has 1 aromatic rings. The fourth-order valence-corrected chi connectivity index (χ4v) is 2.94. The van der Waals surface area contributed by atoms with Crippen molar-refractivity contribution in [2.75, 3.05) is 17.2 Å². The highest BCUT2D eigenvalue weighted by Gasteiger charge is 2.39. The van der Waals surface area contributed by atoms with E-state index in [9.17, 15) is 14.0 Å². The number of amides is 2. The van der Waals surface area contributed by atoms with Crippen LogP contribution in [0.15, 0.2) is 18.2 Å². The summed E-state index contributed by atoms with van der Waals surface area (Å²) >= 11 is 7.02. The molecule has 1 fully saturated rings. The summed E-state index contributed by atoms with van der Waals surface area (Å²) in [4.78, 5) is 25.1. The second-order valence-electron chi connectivity index (χ2n) is 4.02. The Hall–Kier alpha value is -0.820. The molecule has 1 aliphatic heterocycles. The molecule has 1 heterocycles. The minimum absolute atomic E-state index is 0. The van der Waals surface area contributed by atoms with Crippen molar-refractivity contribution in [3.63, 3.8) is 0 Å². The molecule has 1 aromatic carbocycles. The van der Waals surface area contributed by atoms with Crippen molar-refractivity contribution in [3.8, 4) is 0 Å². The Balaban J connectivity index is 0.00000200. The van der Waals surface area contributed by atoms with E-state index < -0.39 is 11.1 Å². The number of halogens is 3. The van der Waals surface area contributed by atoms with Crippen LogP contribution in [0.25, 0.3) is 0 Å². The molecule has 1 atom stereocenters. The van der Waals surface area contributed by atoms with Gasteiger partial charge in [0.1, 0.15) is 5.82 Å². The van der Waals surface area contributed by atoms with Crippen LogP contribution in [0.2, 0.25) is 5.02 Å². The number of anilines is 1. The lowest BCUT2D eigenvalue weighted by Crippen LogP contribution is -3.00. The number of hydrogen-bond donors (Lipinski definition) is 1. The van der Waals surface area contributed by atoms with Crippen LogP contribution in [0.3, 0.4) is 0 Å². The quantitative estimate of drug-likeness (QED) is 0.701. The number of imide groups is 1. The summed E-state index contributed by atoms with van der Waals surface area (Å²) in [7, 11) is 0. The Morgan fingerprint density at radius 3 is 2.75 bits per heavy atom. The summed E-state index contributed by atoms with van der Waals surface area (Å²) in [5, 5.41) is -0.531. The molecule has 0 bridgehead atoms. The van der Waals surface area contributed by atoms with E-state index in [-0.39, 0.29) is 35.7 Å². The van der Waals surface area contributed by atoms with Crippen LogP contribution in [-0.2, 0) is 9.59 Å². The van der Waals surface area contributed by atoms with Crippen LogP contribution in [-0.4, -0.2) is 29.4 Å². The largest absolute Gasteiger partial charge is 1.00 e. The molecule has 0 radical (unpaired) electrons. The number of nitrogens with zero attached hydrogens (tertiary/aromatic N) is 1. The number of benzene rings is 1. The van der Waals surface area contributed by atoms with Gasteiger partial charge in [0.2, 0.25) is 11.8 Å². The molecular weight excluding hydrogens is 326 g/mol. The molecule has 2 rings (SSSR count). The van der Waals surface area contributed by atoms with Crippen molar-refractivity contribution in [1.29, 1.82) is 0 Å². The molecule has 8 heteroatoms. The highest BCUT2D eigenvalue weighted by molar-refractivity contribution is 8.00. The van der Waals surface area contributed by atoms with Crippen molar-refractivity contribution in [1.82, 2.24) is 0 Å². The molecule has 1 saturated heterocycles. The molecule has 0 aliphatic carbocycles. The first kappa shape index (κ1) is 17.2. The lowest BCUT2D eigenvalue weighted by molar-refractivity contribution is -0.121. The highest BCUT2D eigenvalue weighted by Crippen LogP contribution is 2.31. The van der Waals surface area contributed by atoms with Gasteiger partial charge in [-0.15, -0.1) is 11.8 Å². The monoisotopic (exact) mass is 337 g/mol. The lowest BCUT2D eigenvalue weighted by atomic mass is 10.3. The minimum Gasteiger partial charge on any atom is -1.00 e. The lowest BCUT2D eigenvalue weighted by Gasteiger charge is -2.15. The van der Waals surface area contributed by atoms with E-state index in [1.165, 1.54) is 23.9 Å². The second-order valence-corrected chi connectivity index (χ2v) is 5.74. The van der Waals surface area contributed by atoms with Crippen molar-refractivity contribution in [2.24, 2.45) is 5.73 Å². The second kappa shape index (κ2) is 7.26. The van der Waals surface area contributed by atoms with E-state index in [2.05, 4.69) is 0 Å². The van der Waals surface area contributed by atoms with E-state index in [4.69, 9.17) is 17.3 Å². The maximum Gasteiger partial charge on any atom is 0.247 e. The minimum atomic E-state index is -0.585. The number of carbonyl (C=O) groups is 2. The van der Waals surface area contributed by atoms with E-state index in [1.54, 1.807) is 0 Å². The van der Waals surface area contributed by atoms with Gasteiger partial charge in [-0.1, -0.05) is 11.6 Å². The SMILES string of the molecule is NCCSC1CC(=O)N(c2ccc(F)c(Cl)c2)C1=O.[Cl-]. The summed E-state index contributed by atoms with van der Waals surface area (Å²) < 4.78 is 13.1. The number of rotatable bonds is 4. The van der Waals surface area contributed by atoms with Crippen LogP contribution in [0.1, 0.15) is 6.42 Å². The van der Waals surface area contributed by atoms with Gasteiger partial charge >= 0.3 is 0 Å². The first-order chi connectivity index (χ1) is 9.04. The molecule has 0 spiro atoms. The number of hydrogen-bond acceptors (Lipinski definition) is 4. The summed E-state index contributed by atoms with van der Waals surface area (Å²) in [6, 6.07) is 3.79. The third kappa shape index (κ3) is 3.44. The van der Waals surface area contributed by atoms with Gasteiger partial charge in [-0.05, 0) is 18.2 Å². The summed E-state index contributed by atoms with van der Waals surface area (Å²) in [6.07, 6.45) is 0.137. The highest BCUT2D eigenvalue weighted by atomic mass is 35.5. The van der Waals surface area contributed by atoms with Gasteiger partial charge in [0.25, 0.3) is 0 Å². The zero-order chi connectivity index (χ0) is 14.0. The van der Waals surface area contributed by atoms with Gasteiger partial charge in [0.05, 0.1) is 16.0 Å². The topological polar surface area (TPSA) is 63.4 Å². The Morgan fingerprint density at radius 2 is 2.15 bits per heavy atom. The van der Waals surface area contributed by atoms with Crippen LogP contribution in [0.4, 0.5) is 10.1 Å². The van der Waals surface area contributed by atoms with Crippen LogP contribution in [0.5, 0.6) is 0 Å². The maximum atomic E-state index is 13.1. The van der Waals surface area contributed by atoms with E-state index in [0.29, 0.717) is 18.0 Å². The zero-order valence-electron chi connectivity index (χ0n) is 10.3. The van der Waals surface area contributed by atoms with E-state index >= 15 is 0 Å². The van der Waals surface area contributed by atoms with Crippen molar-refractivity contribution in [2.45, 2.75) is 11.7 Å². The third-order valence-electron chi connectivity index (χ3n) is 2.70. The normalized spacial score (nSPS) is 18.4. The average Bonchev–Trinajstić information content (AvgIpc) is 2.65. The number of nitrogens with two attached hydrogens (primary N) is 1. The molecular formula is C12H12Cl2FN2O2S-. The third-order valence-corrected chi connectivity index (χ3v) is 4.24. The molecule has 2 N–H and O–H groups in total. The van der Waals surface area contributed by atoms with E-state index in [1.807, 2.05) is 0 Å². The van der Waals surface area contributed by atoms with Crippen LogP contribution in [0, 0.1) is 5.82 Å². The molecule has 20 heavy (non-hydrogen) atoms. The summed E-state index contributed by atoms with van der Waals surface area (Å²) in [5.41, 5.74) is 5.68. The Bertz CT molecular complexity index is 530. The molecule has 0 aromatic heterocycles.